The van der Waals surface area contributed by atoms with Crippen molar-refractivity contribution in [1.29, 1.82) is 0 Å². The molecule has 35 heavy (non-hydrogen) atoms. The summed E-state index contributed by atoms with van der Waals surface area (Å²) in [7, 11) is 0. The van der Waals surface area contributed by atoms with E-state index in [4.69, 9.17) is 4.74 Å². The van der Waals surface area contributed by atoms with Gasteiger partial charge in [0.2, 0.25) is 5.91 Å². The van der Waals surface area contributed by atoms with Gasteiger partial charge in [-0.2, -0.15) is 10.1 Å². The summed E-state index contributed by atoms with van der Waals surface area (Å²) in [5, 5.41) is 4.59. The fraction of sp³-hybridized carbons (Fsp3) is 0.333. The third-order valence-electron chi connectivity index (χ3n) is 5.61. The summed E-state index contributed by atoms with van der Waals surface area (Å²) in [6.45, 7) is 7.67. The molecule has 4 aromatic rings. The zero-order valence-corrected chi connectivity index (χ0v) is 20.7. The van der Waals surface area contributed by atoms with E-state index in [-0.39, 0.29) is 31.3 Å². The number of carbonyl (C=O) groups is 2. The van der Waals surface area contributed by atoms with Gasteiger partial charge in [-0.05, 0) is 57.4 Å². The van der Waals surface area contributed by atoms with Crippen molar-refractivity contribution in [1.82, 2.24) is 24.6 Å². The minimum Gasteiger partial charge on any atom is -0.462 e. The van der Waals surface area contributed by atoms with Gasteiger partial charge in [0.05, 0.1) is 18.8 Å². The highest BCUT2D eigenvalue weighted by molar-refractivity contribution is 7.17. The SMILES string of the molecule is CCOC(=O)c1sc(N(Cc2ccc(F)cc2)C(=O)CCc2c(C)nc3ncnn3c2C)nc1C. The molecule has 182 valence electrons. The van der Waals surface area contributed by atoms with Crippen LogP contribution in [0.15, 0.2) is 30.6 Å². The van der Waals surface area contributed by atoms with Crippen molar-refractivity contribution < 1.29 is 18.7 Å². The minimum atomic E-state index is -0.471. The maximum Gasteiger partial charge on any atom is 0.350 e. The number of fused-ring (bicyclic) bond motifs is 1. The normalized spacial score (nSPS) is 11.1. The molecule has 0 saturated heterocycles. The van der Waals surface area contributed by atoms with Crippen LogP contribution in [0.3, 0.4) is 0 Å². The second-order valence-electron chi connectivity index (χ2n) is 7.97. The summed E-state index contributed by atoms with van der Waals surface area (Å²) in [5.41, 5.74) is 3.81. The summed E-state index contributed by atoms with van der Waals surface area (Å²) in [5.74, 6) is -0.501. The fourth-order valence-electron chi connectivity index (χ4n) is 3.80. The molecule has 3 heterocycles. The molecule has 9 nitrogen and oxygen atoms in total. The van der Waals surface area contributed by atoms with Crippen LogP contribution in [0, 0.1) is 26.6 Å². The number of aryl methyl sites for hydroxylation is 3. The first-order chi connectivity index (χ1) is 16.8. The van der Waals surface area contributed by atoms with Gasteiger partial charge in [0, 0.05) is 17.8 Å². The van der Waals surface area contributed by atoms with E-state index in [1.807, 2.05) is 13.8 Å². The number of nitrogens with zero attached hydrogens (tertiary/aromatic N) is 6. The number of hydrogen-bond donors (Lipinski definition) is 0. The van der Waals surface area contributed by atoms with E-state index in [2.05, 4.69) is 20.1 Å². The van der Waals surface area contributed by atoms with E-state index in [0.29, 0.717) is 27.9 Å². The zero-order chi connectivity index (χ0) is 25.1. The smallest absolute Gasteiger partial charge is 0.350 e. The van der Waals surface area contributed by atoms with Crippen LogP contribution in [0.25, 0.3) is 5.78 Å². The number of hydrogen-bond acceptors (Lipinski definition) is 8. The largest absolute Gasteiger partial charge is 0.462 e. The molecule has 0 spiro atoms. The van der Waals surface area contributed by atoms with Gasteiger partial charge in [0.1, 0.15) is 17.0 Å². The van der Waals surface area contributed by atoms with Crippen LogP contribution in [0.1, 0.15) is 51.2 Å². The number of benzene rings is 1. The predicted octanol–water partition coefficient (Wildman–Crippen LogP) is 3.99. The van der Waals surface area contributed by atoms with Gasteiger partial charge in [-0.3, -0.25) is 9.69 Å². The Hall–Kier alpha value is -3.73. The van der Waals surface area contributed by atoms with E-state index < -0.39 is 5.97 Å². The molecule has 0 saturated carbocycles. The van der Waals surface area contributed by atoms with Crippen LogP contribution in [0.5, 0.6) is 0 Å². The summed E-state index contributed by atoms with van der Waals surface area (Å²) < 4.78 is 20.2. The topological polar surface area (TPSA) is 103 Å². The Morgan fingerprint density at radius 2 is 1.86 bits per heavy atom. The van der Waals surface area contributed by atoms with Crippen molar-refractivity contribution in [3.05, 3.63) is 69.5 Å². The van der Waals surface area contributed by atoms with Crippen molar-refractivity contribution in [3.63, 3.8) is 0 Å². The maximum absolute atomic E-state index is 13.5. The van der Waals surface area contributed by atoms with Crippen molar-refractivity contribution in [2.24, 2.45) is 0 Å². The Morgan fingerprint density at radius 1 is 1.11 bits per heavy atom. The van der Waals surface area contributed by atoms with Gasteiger partial charge in [0.15, 0.2) is 5.13 Å². The molecule has 0 bridgehead atoms. The number of amides is 1. The van der Waals surface area contributed by atoms with Crippen molar-refractivity contribution in [2.75, 3.05) is 11.5 Å². The molecule has 4 rings (SSSR count). The molecule has 0 unspecified atom stereocenters. The van der Waals surface area contributed by atoms with E-state index in [0.717, 1.165) is 33.9 Å². The van der Waals surface area contributed by atoms with E-state index in [9.17, 15) is 14.0 Å². The summed E-state index contributed by atoms with van der Waals surface area (Å²) in [6, 6.07) is 5.94. The number of aromatic nitrogens is 5. The average Bonchev–Trinajstić information content (AvgIpc) is 3.45. The molecule has 0 aliphatic rings. The highest BCUT2D eigenvalue weighted by Crippen LogP contribution is 2.29. The van der Waals surface area contributed by atoms with Crippen LogP contribution < -0.4 is 4.90 Å². The number of ether oxygens (including phenoxy) is 1. The lowest BCUT2D eigenvalue weighted by molar-refractivity contribution is -0.118. The Balaban J connectivity index is 1.62. The standard InChI is InChI=1S/C24H25FN6O3S/c1-5-34-22(33)21-15(3)29-24(35-21)30(12-17-6-8-18(25)9-7-17)20(32)11-10-19-14(2)28-23-26-13-27-31(23)16(19)4/h6-9,13H,5,10-12H2,1-4H3. The second kappa shape index (κ2) is 10.3. The molecule has 11 heteroatoms. The van der Waals surface area contributed by atoms with Crippen LogP contribution in [-0.2, 0) is 22.5 Å². The Kier molecular flexibility index (Phi) is 7.15. The first-order valence-corrected chi connectivity index (χ1v) is 11.9. The molecular formula is C24H25FN6O3S. The molecule has 0 radical (unpaired) electrons. The van der Waals surface area contributed by atoms with Gasteiger partial charge in [-0.15, -0.1) is 0 Å². The molecule has 0 fully saturated rings. The Bertz CT molecular complexity index is 1380. The molecule has 0 aliphatic heterocycles. The maximum atomic E-state index is 13.5. The van der Waals surface area contributed by atoms with E-state index in [1.165, 1.54) is 23.4 Å². The highest BCUT2D eigenvalue weighted by atomic mass is 32.1. The Labute approximate surface area is 205 Å². The van der Waals surface area contributed by atoms with Crippen LogP contribution in [-0.4, -0.2) is 43.0 Å². The van der Waals surface area contributed by atoms with E-state index in [1.54, 1.807) is 30.5 Å². The molecule has 0 N–H and O–H groups in total. The lowest BCUT2D eigenvalue weighted by atomic mass is 10.1. The summed E-state index contributed by atoms with van der Waals surface area (Å²) in [6.07, 6.45) is 2.06. The van der Waals surface area contributed by atoms with Crippen LogP contribution in [0.2, 0.25) is 0 Å². The number of thiazole rings is 1. The number of halogens is 1. The summed E-state index contributed by atoms with van der Waals surface area (Å²) >= 11 is 1.11. The zero-order valence-electron chi connectivity index (χ0n) is 19.9. The Morgan fingerprint density at radius 3 is 2.57 bits per heavy atom. The van der Waals surface area contributed by atoms with Crippen molar-refractivity contribution >= 4 is 34.1 Å². The van der Waals surface area contributed by atoms with Gasteiger partial charge in [-0.1, -0.05) is 23.5 Å². The van der Waals surface area contributed by atoms with Crippen LogP contribution in [0.4, 0.5) is 9.52 Å². The first-order valence-electron chi connectivity index (χ1n) is 11.1. The lowest BCUT2D eigenvalue weighted by Crippen LogP contribution is -2.30. The molecule has 1 amide bonds. The molecule has 1 aromatic carbocycles. The third-order valence-corrected chi connectivity index (χ3v) is 6.77. The van der Waals surface area contributed by atoms with Crippen molar-refractivity contribution in [2.45, 2.75) is 47.1 Å². The lowest BCUT2D eigenvalue weighted by Gasteiger charge is -2.21. The molecule has 0 aliphatic carbocycles. The van der Waals surface area contributed by atoms with Gasteiger partial charge in [-0.25, -0.2) is 23.7 Å². The van der Waals surface area contributed by atoms with Gasteiger partial charge >= 0.3 is 5.97 Å². The fourth-order valence-corrected chi connectivity index (χ4v) is 4.78. The second-order valence-corrected chi connectivity index (χ2v) is 8.95. The molecular weight excluding hydrogens is 471 g/mol. The number of anilines is 1. The minimum absolute atomic E-state index is 0.179. The summed E-state index contributed by atoms with van der Waals surface area (Å²) in [4.78, 5) is 40.8. The number of esters is 1. The predicted molar refractivity (Wildman–Crippen MR) is 129 cm³/mol. The number of rotatable bonds is 8. The quantitative estimate of drug-likeness (QED) is 0.340. The molecule has 0 atom stereocenters. The number of carbonyl (C=O) groups excluding carboxylic acids is 2. The van der Waals surface area contributed by atoms with Crippen LogP contribution >= 0.6 is 11.3 Å². The van der Waals surface area contributed by atoms with Crippen molar-refractivity contribution in [3.8, 4) is 0 Å². The molecule has 3 aromatic heterocycles. The first kappa shape index (κ1) is 24.4. The monoisotopic (exact) mass is 496 g/mol. The van der Waals surface area contributed by atoms with Gasteiger partial charge < -0.3 is 4.74 Å². The highest BCUT2D eigenvalue weighted by Gasteiger charge is 2.25. The van der Waals surface area contributed by atoms with E-state index >= 15 is 0 Å². The third kappa shape index (κ3) is 5.19. The van der Waals surface area contributed by atoms with Gasteiger partial charge in [0.25, 0.3) is 5.78 Å². The average molecular weight is 497 g/mol.